The highest BCUT2D eigenvalue weighted by atomic mass is 16.3. The Labute approximate surface area is 369 Å². The van der Waals surface area contributed by atoms with Gasteiger partial charge >= 0.3 is 0 Å². The molecule has 12 rings (SSSR count). The summed E-state index contributed by atoms with van der Waals surface area (Å²) in [5.41, 5.74) is 8.59. The van der Waals surface area contributed by atoms with Crippen LogP contribution in [0.4, 0.5) is 0 Å². The van der Waals surface area contributed by atoms with Gasteiger partial charge in [-0.3, -0.25) is 0 Å². The smallest absolute Gasteiger partial charge is 0.166 e. The Bertz CT molecular complexity index is 3970. The van der Waals surface area contributed by atoms with Crippen molar-refractivity contribution >= 4 is 43.7 Å². The van der Waals surface area contributed by atoms with Crippen LogP contribution in [0.2, 0.25) is 0 Å². The van der Waals surface area contributed by atoms with E-state index in [0.717, 1.165) is 44.2 Å². The SMILES string of the molecule is [2H]c1c([2H])c([2H])c2c(c1[2H])c1c([2H])c([2H])c([2H])c([2H])c1n2-c1cccc(-c2cc(-c3ccccc3)cc(-c3ccccc3)c2)c1-c1nc(-c2ccccc2)nc(-c2ccc3c(c2)oc2ccccc23)n1. The number of hydrogen-bond donors (Lipinski definition) is 0. The lowest BCUT2D eigenvalue weighted by Gasteiger charge is -2.19. The quantitative estimate of drug-likeness (QED) is 0.161. The van der Waals surface area contributed by atoms with E-state index in [1.54, 1.807) is 6.07 Å². The molecule has 9 aromatic carbocycles. The van der Waals surface area contributed by atoms with Gasteiger partial charge in [0.15, 0.2) is 17.5 Å². The number of fused-ring (bicyclic) bond motifs is 6. The number of nitrogens with zero attached hydrogens (tertiary/aromatic N) is 4. The normalized spacial score (nSPS) is 13.4. The fourth-order valence-corrected chi connectivity index (χ4v) is 8.44. The average molecular weight is 801 g/mol. The monoisotopic (exact) mass is 800 g/mol. The van der Waals surface area contributed by atoms with E-state index in [-0.39, 0.29) is 27.6 Å². The van der Waals surface area contributed by atoms with Crippen LogP contribution in [0, 0.1) is 0 Å². The molecule has 0 fully saturated rings. The van der Waals surface area contributed by atoms with Gasteiger partial charge in [-0.05, 0) is 87.9 Å². The average Bonchev–Trinajstić information content (AvgIpc) is 3.97. The molecule has 0 aliphatic rings. The van der Waals surface area contributed by atoms with Crippen LogP contribution < -0.4 is 0 Å². The molecule has 0 atom stereocenters. The summed E-state index contributed by atoms with van der Waals surface area (Å²) in [6.45, 7) is 0. The third kappa shape index (κ3) is 6.06. The van der Waals surface area contributed by atoms with Gasteiger partial charge in [0.2, 0.25) is 0 Å². The lowest BCUT2D eigenvalue weighted by Crippen LogP contribution is -2.05. The van der Waals surface area contributed by atoms with Crippen LogP contribution in [0.3, 0.4) is 0 Å². The van der Waals surface area contributed by atoms with Gasteiger partial charge in [-0.2, -0.15) is 0 Å². The zero-order chi connectivity index (χ0) is 47.9. The molecule has 0 spiro atoms. The molecule has 0 N–H and O–H groups in total. The van der Waals surface area contributed by atoms with Gasteiger partial charge in [-0.25, -0.2) is 15.0 Å². The molecule has 0 saturated carbocycles. The summed E-state index contributed by atoms with van der Waals surface area (Å²) in [6.07, 6.45) is 0. The molecule has 0 amide bonds. The largest absolute Gasteiger partial charge is 0.456 e. The third-order valence-electron chi connectivity index (χ3n) is 11.3. The highest BCUT2D eigenvalue weighted by molar-refractivity contribution is 6.10. The Balaban J connectivity index is 1.24. The van der Waals surface area contributed by atoms with Gasteiger partial charge < -0.3 is 8.98 Å². The summed E-state index contributed by atoms with van der Waals surface area (Å²) in [6, 6.07) is 51.4. The maximum atomic E-state index is 9.46. The van der Waals surface area contributed by atoms with Crippen molar-refractivity contribution in [1.82, 2.24) is 19.5 Å². The van der Waals surface area contributed by atoms with Crippen LogP contribution in [-0.4, -0.2) is 19.5 Å². The molecule has 0 bridgehead atoms. The van der Waals surface area contributed by atoms with Crippen molar-refractivity contribution in [3.63, 3.8) is 0 Å². The number of para-hydroxylation sites is 3. The number of rotatable bonds is 7. The fraction of sp³-hybridized carbons (Fsp3) is 0. The van der Waals surface area contributed by atoms with E-state index < -0.39 is 48.3 Å². The minimum absolute atomic E-state index is 0.0256. The lowest BCUT2D eigenvalue weighted by molar-refractivity contribution is 0.669. The van der Waals surface area contributed by atoms with E-state index in [4.69, 9.17) is 24.9 Å². The fourth-order valence-electron chi connectivity index (χ4n) is 8.44. The van der Waals surface area contributed by atoms with Gasteiger partial charge in [0, 0.05) is 32.7 Å². The summed E-state index contributed by atoms with van der Waals surface area (Å²) in [5.74, 6) is 0.864. The first kappa shape index (κ1) is 28.1. The van der Waals surface area contributed by atoms with E-state index in [2.05, 4.69) is 18.2 Å². The third-order valence-corrected chi connectivity index (χ3v) is 11.3. The first-order valence-corrected chi connectivity index (χ1v) is 20.2. The predicted octanol–water partition coefficient (Wildman–Crippen LogP) is 14.9. The van der Waals surface area contributed by atoms with E-state index in [1.165, 1.54) is 4.57 Å². The Morgan fingerprint density at radius 2 is 0.903 bits per heavy atom. The van der Waals surface area contributed by atoms with Crippen molar-refractivity contribution in [3.8, 4) is 73.2 Å². The Morgan fingerprint density at radius 3 is 1.56 bits per heavy atom. The van der Waals surface area contributed by atoms with E-state index in [0.29, 0.717) is 45.2 Å². The summed E-state index contributed by atoms with van der Waals surface area (Å²) in [5, 5.41) is 1.82. The maximum absolute atomic E-state index is 9.46. The number of furan rings is 1. The van der Waals surface area contributed by atoms with E-state index in [9.17, 15) is 5.48 Å². The molecule has 290 valence electrons. The first-order chi connectivity index (χ1) is 34.0. The van der Waals surface area contributed by atoms with Crippen LogP contribution in [0.1, 0.15) is 11.0 Å². The number of hydrogen-bond acceptors (Lipinski definition) is 4. The Hall–Kier alpha value is -8.41. The molecular formula is C57H36N4O. The molecule has 0 saturated heterocycles. The summed E-state index contributed by atoms with van der Waals surface area (Å²) < 4.78 is 80.6. The van der Waals surface area contributed by atoms with Gasteiger partial charge in [0.05, 0.1) is 33.3 Å². The van der Waals surface area contributed by atoms with Gasteiger partial charge in [-0.15, -0.1) is 0 Å². The second kappa shape index (κ2) is 14.7. The van der Waals surface area contributed by atoms with Crippen molar-refractivity contribution in [3.05, 3.63) is 218 Å². The standard InChI is InChI=1S/C57H36N4O/c1-4-17-37(18-5-1)41-33-42(38-19-6-2-7-20-38)35-43(34-41)44-26-16-29-51(61-49-27-13-10-23-45(49)46-24-11-14-28-50(46)61)54(44)57-59-55(39-21-8-3-9-22-39)58-56(60-57)40-31-32-48-47-25-12-15-30-52(47)62-53(48)36-40/h1-36H/i10D,11D,13D,14D,23D,24D,27D,28D. The zero-order valence-electron chi connectivity index (χ0n) is 40.9. The molecule has 62 heavy (non-hydrogen) atoms. The lowest BCUT2D eigenvalue weighted by atomic mass is 9.90. The Kier molecular flexibility index (Phi) is 6.67. The van der Waals surface area contributed by atoms with Crippen LogP contribution in [-0.2, 0) is 0 Å². The van der Waals surface area contributed by atoms with Crippen LogP contribution in [0.25, 0.3) is 117 Å². The molecule has 3 heterocycles. The molecule has 0 aliphatic carbocycles. The number of aromatic nitrogens is 4. The van der Waals surface area contributed by atoms with Crippen LogP contribution >= 0.6 is 0 Å². The van der Waals surface area contributed by atoms with Gasteiger partial charge in [0.25, 0.3) is 0 Å². The minimum Gasteiger partial charge on any atom is -0.456 e. The van der Waals surface area contributed by atoms with Gasteiger partial charge in [-0.1, -0.05) is 164 Å². The van der Waals surface area contributed by atoms with E-state index >= 15 is 0 Å². The zero-order valence-corrected chi connectivity index (χ0v) is 32.9. The molecule has 5 heteroatoms. The van der Waals surface area contributed by atoms with Crippen molar-refractivity contribution < 1.29 is 15.4 Å². The van der Waals surface area contributed by atoms with Crippen molar-refractivity contribution in [2.24, 2.45) is 0 Å². The van der Waals surface area contributed by atoms with E-state index in [1.807, 2.05) is 146 Å². The molecule has 5 nitrogen and oxygen atoms in total. The summed E-state index contributed by atoms with van der Waals surface area (Å²) in [7, 11) is 0. The summed E-state index contributed by atoms with van der Waals surface area (Å²) >= 11 is 0. The Morgan fingerprint density at radius 1 is 0.371 bits per heavy atom. The second-order valence-electron chi connectivity index (χ2n) is 15.0. The van der Waals surface area contributed by atoms with Gasteiger partial charge in [0.1, 0.15) is 11.2 Å². The minimum atomic E-state index is -0.528. The summed E-state index contributed by atoms with van der Waals surface area (Å²) in [4.78, 5) is 15.6. The molecule has 3 aromatic heterocycles. The van der Waals surface area contributed by atoms with Crippen LogP contribution in [0.5, 0.6) is 0 Å². The van der Waals surface area contributed by atoms with Crippen molar-refractivity contribution in [1.29, 1.82) is 0 Å². The molecule has 12 aromatic rings. The predicted molar refractivity (Wildman–Crippen MR) is 254 cm³/mol. The molecule has 0 aliphatic heterocycles. The maximum Gasteiger partial charge on any atom is 0.166 e. The number of benzene rings is 9. The first-order valence-electron chi connectivity index (χ1n) is 24.2. The molecule has 0 radical (unpaired) electrons. The highest BCUT2D eigenvalue weighted by Crippen LogP contribution is 2.43. The molecular weight excluding hydrogens is 757 g/mol. The molecule has 0 unspecified atom stereocenters. The second-order valence-corrected chi connectivity index (χ2v) is 15.0. The van der Waals surface area contributed by atoms with Crippen molar-refractivity contribution in [2.75, 3.05) is 0 Å². The van der Waals surface area contributed by atoms with Crippen molar-refractivity contribution in [2.45, 2.75) is 0 Å². The topological polar surface area (TPSA) is 56.7 Å². The van der Waals surface area contributed by atoms with Crippen LogP contribution in [0.15, 0.2) is 223 Å². The highest BCUT2D eigenvalue weighted by Gasteiger charge is 2.24.